The first-order valence-corrected chi connectivity index (χ1v) is 8.04. The summed E-state index contributed by atoms with van der Waals surface area (Å²) >= 11 is 12.5. The van der Waals surface area contributed by atoms with Crippen LogP contribution in [0.25, 0.3) is 0 Å². The summed E-state index contributed by atoms with van der Waals surface area (Å²) in [5.41, 5.74) is 1.57. The van der Waals surface area contributed by atoms with Crippen LogP contribution in [0.4, 0.5) is 5.69 Å². The molecule has 0 saturated carbocycles. The zero-order chi connectivity index (χ0) is 15.4. The number of ether oxygens (including phenoxy) is 1. The molecule has 7 heteroatoms. The highest BCUT2D eigenvalue weighted by Gasteiger charge is 2.15. The minimum absolute atomic E-state index is 0.0180. The van der Waals surface area contributed by atoms with E-state index in [2.05, 4.69) is 31.9 Å². The van der Waals surface area contributed by atoms with Crippen LogP contribution in [-0.4, -0.2) is 4.92 Å². The van der Waals surface area contributed by atoms with Gasteiger partial charge < -0.3 is 4.74 Å². The van der Waals surface area contributed by atoms with Gasteiger partial charge in [0.15, 0.2) is 0 Å². The van der Waals surface area contributed by atoms with Crippen molar-refractivity contribution in [1.82, 2.24) is 0 Å². The van der Waals surface area contributed by atoms with Crippen LogP contribution >= 0.6 is 43.5 Å². The lowest BCUT2D eigenvalue weighted by Gasteiger charge is -2.11. The molecule has 0 bridgehead atoms. The molecule has 21 heavy (non-hydrogen) atoms. The van der Waals surface area contributed by atoms with E-state index in [0.717, 1.165) is 10.0 Å². The topological polar surface area (TPSA) is 52.4 Å². The zero-order valence-electron chi connectivity index (χ0n) is 10.7. The van der Waals surface area contributed by atoms with Gasteiger partial charge in [0.2, 0.25) is 0 Å². The molecule has 0 aliphatic rings. The maximum atomic E-state index is 10.9. The predicted octanol–water partition coefficient (Wildman–Crippen LogP) is 5.44. The van der Waals surface area contributed by atoms with Crippen molar-refractivity contribution in [3.05, 3.63) is 66.6 Å². The minimum atomic E-state index is -0.433. The van der Waals surface area contributed by atoms with E-state index >= 15 is 0 Å². The van der Waals surface area contributed by atoms with Crippen LogP contribution in [-0.2, 0) is 12.5 Å². The van der Waals surface area contributed by atoms with Crippen molar-refractivity contribution in [3.63, 3.8) is 0 Å². The molecule has 0 radical (unpaired) electrons. The highest BCUT2D eigenvalue weighted by molar-refractivity contribution is 9.10. The third kappa shape index (κ3) is 3.96. The number of rotatable bonds is 5. The molecule has 0 atom stereocenters. The highest BCUT2D eigenvalue weighted by atomic mass is 79.9. The average Bonchev–Trinajstić information content (AvgIpc) is 2.46. The Kier molecular flexibility index (Phi) is 5.61. The van der Waals surface area contributed by atoms with Gasteiger partial charge in [-0.05, 0) is 34.1 Å². The number of hydrogen-bond acceptors (Lipinski definition) is 3. The summed E-state index contributed by atoms with van der Waals surface area (Å²) in [6, 6.07) is 10.4. The van der Waals surface area contributed by atoms with Crippen molar-refractivity contribution in [2.45, 2.75) is 12.5 Å². The van der Waals surface area contributed by atoms with E-state index in [0.29, 0.717) is 21.7 Å². The van der Waals surface area contributed by atoms with Crippen molar-refractivity contribution in [1.29, 1.82) is 0 Å². The second kappa shape index (κ2) is 7.24. The van der Waals surface area contributed by atoms with Gasteiger partial charge >= 0.3 is 0 Å². The molecule has 0 unspecified atom stereocenters. The van der Waals surface area contributed by atoms with Crippen LogP contribution in [0.1, 0.15) is 11.1 Å². The zero-order valence-corrected chi connectivity index (χ0v) is 14.6. The summed E-state index contributed by atoms with van der Waals surface area (Å²) in [6.07, 6.45) is 0. The number of halogens is 3. The van der Waals surface area contributed by atoms with Crippen molar-refractivity contribution >= 4 is 49.1 Å². The normalized spacial score (nSPS) is 10.4. The maximum absolute atomic E-state index is 10.9. The van der Waals surface area contributed by atoms with Gasteiger partial charge in [-0.3, -0.25) is 10.1 Å². The fourth-order valence-corrected chi connectivity index (χ4v) is 2.91. The molecule has 0 heterocycles. The van der Waals surface area contributed by atoms with Crippen LogP contribution < -0.4 is 4.74 Å². The summed E-state index contributed by atoms with van der Waals surface area (Å²) in [5.74, 6) is 0.983. The largest absolute Gasteiger partial charge is 0.489 e. The smallest absolute Gasteiger partial charge is 0.283 e. The molecular weight excluding hydrogens is 425 g/mol. The average molecular weight is 435 g/mol. The molecule has 2 aromatic rings. The van der Waals surface area contributed by atoms with Gasteiger partial charge in [-0.1, -0.05) is 28.1 Å². The number of alkyl halides is 1. The lowest BCUT2D eigenvalue weighted by Crippen LogP contribution is -2.00. The maximum Gasteiger partial charge on any atom is 0.283 e. The summed E-state index contributed by atoms with van der Waals surface area (Å²) in [5, 5.41) is 10.9. The molecule has 0 amide bonds. The van der Waals surface area contributed by atoms with E-state index in [1.165, 1.54) is 6.07 Å². The first-order chi connectivity index (χ1) is 10.0. The van der Waals surface area contributed by atoms with E-state index < -0.39 is 4.92 Å². The SMILES string of the molecule is O=[N+]([O-])c1cccc(COc2ccc(Br)cc2CCl)c1Br. The van der Waals surface area contributed by atoms with Gasteiger partial charge in [0.25, 0.3) is 5.69 Å². The lowest BCUT2D eigenvalue weighted by molar-refractivity contribution is -0.385. The van der Waals surface area contributed by atoms with E-state index in [9.17, 15) is 10.1 Å². The molecule has 2 aromatic carbocycles. The van der Waals surface area contributed by atoms with Crippen LogP contribution in [0.15, 0.2) is 45.3 Å². The molecule has 2 rings (SSSR count). The second-order valence-corrected chi connectivity index (χ2v) is 6.16. The quantitative estimate of drug-likeness (QED) is 0.357. The van der Waals surface area contributed by atoms with Gasteiger partial charge in [-0.15, -0.1) is 11.6 Å². The fourth-order valence-electron chi connectivity index (χ4n) is 1.77. The number of nitrogens with zero attached hydrogens (tertiary/aromatic N) is 1. The van der Waals surface area contributed by atoms with E-state index in [1.807, 2.05) is 18.2 Å². The molecule has 110 valence electrons. The third-order valence-corrected chi connectivity index (χ3v) is 4.50. The van der Waals surface area contributed by atoms with Gasteiger partial charge in [0.05, 0.1) is 10.8 Å². The van der Waals surface area contributed by atoms with Crippen molar-refractivity contribution in [2.24, 2.45) is 0 Å². The monoisotopic (exact) mass is 433 g/mol. The van der Waals surface area contributed by atoms with E-state index in [1.54, 1.807) is 12.1 Å². The standard InChI is InChI=1S/C14H10Br2ClNO3/c15-11-4-5-13(10(6-11)7-17)21-8-9-2-1-3-12(14(9)16)18(19)20/h1-6H,7-8H2. The lowest BCUT2D eigenvalue weighted by atomic mass is 10.2. The number of nitro benzene ring substituents is 1. The van der Waals surface area contributed by atoms with Crippen molar-refractivity contribution in [3.8, 4) is 5.75 Å². The predicted molar refractivity (Wildman–Crippen MR) is 88.8 cm³/mol. The number of benzene rings is 2. The van der Waals surface area contributed by atoms with Gasteiger partial charge in [0, 0.05) is 21.7 Å². The Morgan fingerprint density at radius 3 is 2.62 bits per heavy atom. The first-order valence-electron chi connectivity index (χ1n) is 5.92. The molecule has 0 aliphatic heterocycles. The Morgan fingerprint density at radius 1 is 1.19 bits per heavy atom. The number of nitro groups is 1. The van der Waals surface area contributed by atoms with E-state index in [-0.39, 0.29) is 12.3 Å². The Morgan fingerprint density at radius 2 is 1.95 bits per heavy atom. The van der Waals surface area contributed by atoms with E-state index in [4.69, 9.17) is 16.3 Å². The molecule has 0 aliphatic carbocycles. The summed E-state index contributed by atoms with van der Waals surface area (Å²) in [7, 11) is 0. The summed E-state index contributed by atoms with van der Waals surface area (Å²) in [6.45, 7) is 0.216. The Balaban J connectivity index is 2.21. The summed E-state index contributed by atoms with van der Waals surface area (Å²) < 4.78 is 7.08. The molecule has 0 spiro atoms. The van der Waals surface area contributed by atoms with Gasteiger partial charge in [-0.2, -0.15) is 0 Å². The Labute approximate surface area is 143 Å². The number of hydrogen-bond donors (Lipinski definition) is 0. The van der Waals surface area contributed by atoms with Crippen LogP contribution in [0.5, 0.6) is 5.75 Å². The van der Waals surface area contributed by atoms with Crippen LogP contribution in [0.3, 0.4) is 0 Å². The van der Waals surface area contributed by atoms with Crippen molar-refractivity contribution in [2.75, 3.05) is 0 Å². The molecule has 0 aromatic heterocycles. The highest BCUT2D eigenvalue weighted by Crippen LogP contribution is 2.30. The molecule has 4 nitrogen and oxygen atoms in total. The van der Waals surface area contributed by atoms with Gasteiger partial charge in [0.1, 0.15) is 16.8 Å². The Bertz CT molecular complexity index is 679. The van der Waals surface area contributed by atoms with Crippen LogP contribution in [0, 0.1) is 10.1 Å². The molecular formula is C14H10Br2ClNO3. The molecule has 0 saturated heterocycles. The van der Waals surface area contributed by atoms with Crippen LogP contribution in [0.2, 0.25) is 0 Å². The minimum Gasteiger partial charge on any atom is -0.489 e. The third-order valence-electron chi connectivity index (χ3n) is 2.80. The molecule has 0 N–H and O–H groups in total. The first kappa shape index (κ1) is 16.3. The fraction of sp³-hybridized carbons (Fsp3) is 0.143. The Hall–Kier alpha value is -1.11. The van der Waals surface area contributed by atoms with Gasteiger partial charge in [-0.25, -0.2) is 0 Å². The van der Waals surface area contributed by atoms with Crippen molar-refractivity contribution < 1.29 is 9.66 Å². The summed E-state index contributed by atoms with van der Waals surface area (Å²) in [4.78, 5) is 10.5. The molecule has 0 fully saturated rings. The second-order valence-electron chi connectivity index (χ2n) is 4.18.